The van der Waals surface area contributed by atoms with Crippen molar-refractivity contribution in [2.75, 3.05) is 0 Å². The summed E-state index contributed by atoms with van der Waals surface area (Å²) in [6, 6.07) is 3.90. The van der Waals surface area contributed by atoms with Crippen molar-refractivity contribution in [2.45, 2.75) is 45.4 Å². The third-order valence-electron chi connectivity index (χ3n) is 3.13. The van der Waals surface area contributed by atoms with Crippen LogP contribution in [0.3, 0.4) is 0 Å². The standard InChI is InChI=1S/C15H22N4OS/c1-11-9-13(12(2)18-21(20)15(3,4)5)10-16-14(11)19-8-6-7-17-19/h6-10,12,18H,1-5H3/t12?,21-/m1/s1. The third kappa shape index (κ3) is 3.77. The Hall–Kier alpha value is -1.53. The molecule has 0 amide bonds. The van der Waals surface area contributed by atoms with E-state index in [4.69, 9.17) is 0 Å². The monoisotopic (exact) mass is 306 g/mol. The average Bonchev–Trinajstić information content (AvgIpc) is 2.91. The number of nitrogens with zero attached hydrogens (tertiary/aromatic N) is 3. The zero-order valence-electron chi connectivity index (χ0n) is 13.1. The van der Waals surface area contributed by atoms with E-state index in [9.17, 15) is 4.21 Å². The molecule has 0 fully saturated rings. The largest absolute Gasteiger partial charge is 0.242 e. The van der Waals surface area contributed by atoms with Crippen LogP contribution in [0.2, 0.25) is 0 Å². The van der Waals surface area contributed by atoms with E-state index >= 15 is 0 Å². The number of rotatable bonds is 4. The first-order valence-corrected chi connectivity index (χ1v) is 8.08. The predicted octanol–water partition coefficient (Wildman–Crippen LogP) is 2.69. The molecule has 21 heavy (non-hydrogen) atoms. The van der Waals surface area contributed by atoms with Crippen molar-refractivity contribution in [3.05, 3.63) is 41.9 Å². The summed E-state index contributed by atoms with van der Waals surface area (Å²) >= 11 is 0. The minimum Gasteiger partial charge on any atom is -0.242 e. The second-order valence-corrected chi connectivity index (χ2v) is 8.08. The summed E-state index contributed by atoms with van der Waals surface area (Å²) < 4.78 is 16.7. The molecule has 0 aromatic carbocycles. The molecule has 1 unspecified atom stereocenters. The molecule has 0 bridgehead atoms. The molecule has 2 heterocycles. The number of hydrogen-bond acceptors (Lipinski definition) is 3. The zero-order valence-corrected chi connectivity index (χ0v) is 13.9. The van der Waals surface area contributed by atoms with Crippen molar-refractivity contribution >= 4 is 11.0 Å². The van der Waals surface area contributed by atoms with Gasteiger partial charge in [0.25, 0.3) is 0 Å². The lowest BCUT2D eigenvalue weighted by molar-refractivity contribution is 0.615. The van der Waals surface area contributed by atoms with Crippen LogP contribution in [0.5, 0.6) is 0 Å². The molecule has 2 rings (SSSR count). The Balaban J connectivity index is 2.18. The maximum atomic E-state index is 12.2. The maximum absolute atomic E-state index is 12.2. The molecule has 0 spiro atoms. The first-order chi connectivity index (χ1) is 9.79. The van der Waals surface area contributed by atoms with Gasteiger partial charge in [0.1, 0.15) is 0 Å². The Morgan fingerprint density at radius 3 is 2.62 bits per heavy atom. The van der Waals surface area contributed by atoms with Gasteiger partial charge in [-0.15, -0.1) is 0 Å². The highest BCUT2D eigenvalue weighted by Gasteiger charge is 2.22. The molecule has 0 aliphatic carbocycles. The number of aromatic nitrogens is 3. The summed E-state index contributed by atoms with van der Waals surface area (Å²) in [5, 5.41) is 4.19. The van der Waals surface area contributed by atoms with Crippen LogP contribution in [-0.4, -0.2) is 23.7 Å². The normalized spacial score (nSPS) is 14.9. The molecule has 2 aromatic rings. The molecule has 2 atom stereocenters. The molecule has 0 saturated heterocycles. The predicted molar refractivity (Wildman–Crippen MR) is 85.5 cm³/mol. The van der Waals surface area contributed by atoms with Crippen LogP contribution in [0.4, 0.5) is 0 Å². The van der Waals surface area contributed by atoms with Gasteiger partial charge in [0.15, 0.2) is 5.82 Å². The fourth-order valence-corrected chi connectivity index (χ4v) is 2.68. The second-order valence-electron chi connectivity index (χ2n) is 6.08. The first kappa shape index (κ1) is 15.9. The topological polar surface area (TPSA) is 59.8 Å². The molecule has 0 radical (unpaired) electrons. The molecular weight excluding hydrogens is 284 g/mol. The molecule has 1 N–H and O–H groups in total. The van der Waals surface area contributed by atoms with Crippen molar-refractivity contribution in [1.82, 2.24) is 19.5 Å². The molecule has 2 aromatic heterocycles. The van der Waals surface area contributed by atoms with E-state index in [0.29, 0.717) is 0 Å². The summed E-state index contributed by atoms with van der Waals surface area (Å²) in [5.74, 6) is 0.813. The first-order valence-electron chi connectivity index (χ1n) is 6.93. The lowest BCUT2D eigenvalue weighted by Gasteiger charge is -2.22. The summed E-state index contributed by atoms with van der Waals surface area (Å²) in [6.07, 6.45) is 5.40. The highest BCUT2D eigenvalue weighted by atomic mass is 32.2. The van der Waals surface area contributed by atoms with Crippen molar-refractivity contribution in [3.8, 4) is 5.82 Å². The van der Waals surface area contributed by atoms with Crippen LogP contribution in [0.1, 0.15) is 44.9 Å². The van der Waals surface area contributed by atoms with Crippen molar-refractivity contribution in [2.24, 2.45) is 0 Å². The number of pyridine rings is 1. The van der Waals surface area contributed by atoms with Crippen LogP contribution in [-0.2, 0) is 11.0 Å². The van der Waals surface area contributed by atoms with E-state index in [0.717, 1.165) is 16.9 Å². The fourth-order valence-electron chi connectivity index (χ4n) is 1.87. The van der Waals surface area contributed by atoms with Crippen LogP contribution >= 0.6 is 0 Å². The maximum Gasteiger partial charge on any atom is 0.156 e. The van der Waals surface area contributed by atoms with Gasteiger partial charge in [-0.2, -0.15) is 5.10 Å². The van der Waals surface area contributed by atoms with Crippen LogP contribution in [0.15, 0.2) is 30.7 Å². The van der Waals surface area contributed by atoms with Crippen LogP contribution in [0.25, 0.3) is 5.82 Å². The smallest absolute Gasteiger partial charge is 0.156 e. The van der Waals surface area contributed by atoms with Gasteiger partial charge in [0.2, 0.25) is 0 Å². The second kappa shape index (κ2) is 6.07. The van der Waals surface area contributed by atoms with E-state index in [-0.39, 0.29) is 10.8 Å². The lowest BCUT2D eigenvalue weighted by Crippen LogP contribution is -2.34. The highest BCUT2D eigenvalue weighted by molar-refractivity contribution is 7.84. The fraction of sp³-hybridized carbons (Fsp3) is 0.467. The van der Waals surface area contributed by atoms with Gasteiger partial charge >= 0.3 is 0 Å². The summed E-state index contributed by atoms with van der Waals surface area (Å²) in [7, 11) is -1.10. The Kier molecular flexibility index (Phi) is 4.58. The van der Waals surface area contributed by atoms with Crippen molar-refractivity contribution in [3.63, 3.8) is 0 Å². The van der Waals surface area contributed by atoms with E-state index in [2.05, 4.69) is 20.9 Å². The average molecular weight is 306 g/mol. The SMILES string of the molecule is Cc1cc(C(C)N[S@](=O)C(C)(C)C)cnc1-n1cccn1. The van der Waals surface area contributed by atoms with Gasteiger partial charge in [0, 0.05) is 24.6 Å². The minimum atomic E-state index is -1.10. The van der Waals surface area contributed by atoms with Crippen molar-refractivity contribution < 1.29 is 4.21 Å². The Morgan fingerprint density at radius 1 is 1.38 bits per heavy atom. The number of hydrogen-bond donors (Lipinski definition) is 1. The van der Waals surface area contributed by atoms with Crippen molar-refractivity contribution in [1.29, 1.82) is 0 Å². The van der Waals surface area contributed by atoms with Gasteiger partial charge in [-0.25, -0.2) is 18.6 Å². The minimum absolute atomic E-state index is 0.0251. The van der Waals surface area contributed by atoms with E-state index in [1.165, 1.54) is 0 Å². The molecular formula is C15H22N4OS. The molecule has 0 aliphatic heterocycles. The summed E-state index contributed by atoms with van der Waals surface area (Å²) in [4.78, 5) is 4.47. The van der Waals surface area contributed by atoms with Gasteiger partial charge < -0.3 is 0 Å². The van der Waals surface area contributed by atoms with E-state index < -0.39 is 11.0 Å². The Bertz CT molecular complexity index is 632. The number of nitrogens with one attached hydrogen (secondary N) is 1. The summed E-state index contributed by atoms with van der Waals surface area (Å²) in [6.45, 7) is 9.85. The molecule has 0 saturated carbocycles. The lowest BCUT2D eigenvalue weighted by atomic mass is 10.1. The van der Waals surface area contributed by atoms with Gasteiger partial charge in [0.05, 0.1) is 15.7 Å². The van der Waals surface area contributed by atoms with Gasteiger partial charge in [-0.05, 0) is 57.9 Å². The number of aryl methyl sites for hydroxylation is 1. The van der Waals surface area contributed by atoms with Gasteiger partial charge in [-0.3, -0.25) is 0 Å². The Morgan fingerprint density at radius 2 is 2.10 bits per heavy atom. The third-order valence-corrected chi connectivity index (χ3v) is 4.81. The highest BCUT2D eigenvalue weighted by Crippen LogP contribution is 2.19. The summed E-state index contributed by atoms with van der Waals surface area (Å²) in [5.41, 5.74) is 2.05. The molecule has 5 nitrogen and oxygen atoms in total. The van der Waals surface area contributed by atoms with E-state index in [1.54, 1.807) is 10.9 Å². The molecule has 6 heteroatoms. The van der Waals surface area contributed by atoms with Gasteiger partial charge in [-0.1, -0.05) is 0 Å². The van der Waals surface area contributed by atoms with Crippen LogP contribution in [0, 0.1) is 6.92 Å². The van der Waals surface area contributed by atoms with Crippen LogP contribution < -0.4 is 4.72 Å². The Labute approximate surface area is 128 Å². The molecule has 0 aliphatic rings. The molecule has 114 valence electrons. The zero-order chi connectivity index (χ0) is 15.6. The quantitative estimate of drug-likeness (QED) is 0.944. The van der Waals surface area contributed by atoms with E-state index in [1.807, 2.05) is 53.1 Å².